The van der Waals surface area contributed by atoms with E-state index in [2.05, 4.69) is 15.3 Å². The van der Waals surface area contributed by atoms with Gasteiger partial charge >= 0.3 is 11.9 Å². The van der Waals surface area contributed by atoms with Crippen molar-refractivity contribution in [2.45, 2.75) is 56.8 Å². The van der Waals surface area contributed by atoms with Crippen LogP contribution < -0.4 is 5.32 Å². The SMILES string of the molecule is CCOC(=O)C1=C(CN2CC(F)(F)[C@@H]3[C@H]2CON3CC[C@](C)(O)C(=O)O)NC(c2nccs2)=N[C@H]1c1ccc(F)c(F)c1C. The van der Waals surface area contributed by atoms with Gasteiger partial charge in [-0.15, -0.1) is 11.3 Å². The van der Waals surface area contributed by atoms with E-state index in [1.807, 2.05) is 0 Å². The van der Waals surface area contributed by atoms with E-state index in [0.717, 1.165) is 18.1 Å². The number of likely N-dealkylation sites (tertiary alicyclic amines) is 1. The number of nitrogens with zero attached hydrogens (tertiary/aromatic N) is 4. The van der Waals surface area contributed by atoms with Gasteiger partial charge in [-0.05, 0) is 38.0 Å². The third-order valence-corrected chi connectivity index (χ3v) is 8.75. The number of aliphatic hydroxyl groups is 1. The summed E-state index contributed by atoms with van der Waals surface area (Å²) >= 11 is 1.23. The lowest BCUT2D eigenvalue weighted by Crippen LogP contribution is -2.47. The number of hydrogen-bond donors (Lipinski definition) is 3. The van der Waals surface area contributed by atoms with Crippen LogP contribution in [-0.2, 0) is 19.2 Å². The highest BCUT2D eigenvalue weighted by molar-refractivity contribution is 7.11. The number of rotatable bonds is 10. The molecule has 238 valence electrons. The highest BCUT2D eigenvalue weighted by Crippen LogP contribution is 2.42. The number of thiazole rings is 1. The predicted octanol–water partition coefficient (Wildman–Crippen LogP) is 2.80. The maximum Gasteiger partial charge on any atom is 0.338 e. The number of nitrogens with one attached hydrogen (secondary N) is 1. The van der Waals surface area contributed by atoms with Crippen LogP contribution in [0.5, 0.6) is 0 Å². The lowest BCUT2D eigenvalue weighted by atomic mass is 9.92. The second kappa shape index (κ2) is 12.2. The van der Waals surface area contributed by atoms with Crippen molar-refractivity contribution in [1.29, 1.82) is 0 Å². The molecule has 2 saturated heterocycles. The third kappa shape index (κ3) is 5.96. The van der Waals surface area contributed by atoms with Gasteiger partial charge in [0.2, 0.25) is 0 Å². The number of aliphatic carboxylic acids is 1. The monoisotopic (exact) mass is 641 g/mol. The van der Waals surface area contributed by atoms with Gasteiger partial charge in [-0.2, -0.15) is 5.06 Å². The standard InChI is InChI=1S/C28H31F4N5O6S/c1-4-42-25(38)19-17(11-36-13-28(31,32)22-18(36)12-43-37(22)9-7-27(3,41)26(39)40)34-23(24-33-8-10-44-24)35-21(19)15-5-6-16(29)20(30)14(15)2/h5-6,8,10,18,21-22,41H,4,7,9,11-13H2,1-3H3,(H,34,35)(H,39,40)/t18-,21+,22+,27+/m1/s1. The molecule has 0 amide bonds. The second-order valence-corrected chi connectivity index (χ2v) is 11.9. The molecule has 44 heavy (non-hydrogen) atoms. The van der Waals surface area contributed by atoms with Crippen LogP contribution in [0.15, 0.2) is 40.0 Å². The number of carbonyl (C=O) groups is 2. The first kappa shape index (κ1) is 32.0. The van der Waals surface area contributed by atoms with E-state index in [-0.39, 0.29) is 61.0 Å². The van der Waals surface area contributed by atoms with Crippen LogP contribution in [0.25, 0.3) is 0 Å². The zero-order chi connectivity index (χ0) is 32.0. The van der Waals surface area contributed by atoms with Gasteiger partial charge in [-0.1, -0.05) is 6.07 Å². The zero-order valence-corrected chi connectivity index (χ0v) is 24.8. The normalized spacial score (nSPS) is 24.9. The number of carboxylic acids is 1. The number of hydrogen-bond acceptors (Lipinski definition) is 11. The highest BCUT2D eigenvalue weighted by Gasteiger charge is 2.61. The van der Waals surface area contributed by atoms with Gasteiger partial charge in [0.25, 0.3) is 5.92 Å². The van der Waals surface area contributed by atoms with E-state index in [1.54, 1.807) is 12.3 Å². The third-order valence-electron chi connectivity index (χ3n) is 7.97. The Morgan fingerprint density at radius 3 is 2.73 bits per heavy atom. The maximum absolute atomic E-state index is 15.5. The van der Waals surface area contributed by atoms with Gasteiger partial charge < -0.3 is 20.3 Å². The van der Waals surface area contributed by atoms with Crippen molar-refractivity contribution in [3.8, 4) is 0 Å². The molecule has 0 unspecified atom stereocenters. The Hall–Kier alpha value is -3.44. The van der Waals surface area contributed by atoms with Gasteiger partial charge in [0.15, 0.2) is 28.1 Å². The summed E-state index contributed by atoms with van der Waals surface area (Å²) in [6.45, 7) is 2.64. The van der Waals surface area contributed by atoms with Crippen molar-refractivity contribution in [3.05, 3.63) is 62.7 Å². The van der Waals surface area contributed by atoms with E-state index in [1.165, 1.54) is 35.4 Å². The van der Waals surface area contributed by atoms with Crippen LogP contribution in [0.4, 0.5) is 17.6 Å². The van der Waals surface area contributed by atoms with E-state index in [9.17, 15) is 28.6 Å². The molecule has 0 spiro atoms. The lowest BCUT2D eigenvalue weighted by Gasteiger charge is -2.31. The quantitative estimate of drug-likeness (QED) is 0.263. The van der Waals surface area contributed by atoms with Crippen LogP contribution in [0, 0.1) is 18.6 Å². The number of carboxylic acid groups (broad SMARTS) is 1. The van der Waals surface area contributed by atoms with Crippen LogP contribution in [0.2, 0.25) is 0 Å². The number of fused-ring (bicyclic) bond motifs is 1. The number of aliphatic imine (C=N–C) groups is 1. The molecule has 1 aromatic heterocycles. The topological polar surface area (TPSA) is 137 Å². The van der Waals surface area contributed by atoms with E-state index in [0.29, 0.717) is 5.01 Å². The molecule has 2 aromatic rings. The molecule has 11 nitrogen and oxygen atoms in total. The van der Waals surface area contributed by atoms with E-state index >= 15 is 8.78 Å². The molecule has 0 aliphatic carbocycles. The second-order valence-electron chi connectivity index (χ2n) is 11.0. The molecule has 0 radical (unpaired) electrons. The summed E-state index contributed by atoms with van der Waals surface area (Å²) in [5.74, 6) is -7.58. The molecule has 5 rings (SSSR count). The largest absolute Gasteiger partial charge is 0.479 e. The Morgan fingerprint density at radius 1 is 1.32 bits per heavy atom. The molecule has 0 bridgehead atoms. The molecule has 3 aliphatic rings. The lowest BCUT2D eigenvalue weighted by molar-refractivity contribution is -0.190. The average molecular weight is 642 g/mol. The van der Waals surface area contributed by atoms with Gasteiger partial charge in [-0.25, -0.2) is 32.1 Å². The minimum atomic E-state index is -3.31. The molecule has 4 heterocycles. The van der Waals surface area contributed by atoms with Crippen molar-refractivity contribution in [2.75, 3.05) is 32.8 Å². The number of halogens is 4. The van der Waals surface area contributed by atoms with Crippen molar-refractivity contribution in [2.24, 2.45) is 4.99 Å². The molecular weight excluding hydrogens is 610 g/mol. The first-order valence-corrected chi connectivity index (χ1v) is 14.7. The van der Waals surface area contributed by atoms with E-state index < -0.39 is 59.8 Å². The van der Waals surface area contributed by atoms with Gasteiger partial charge in [0.1, 0.15) is 12.1 Å². The molecule has 0 saturated carbocycles. The zero-order valence-electron chi connectivity index (χ0n) is 24.0. The summed E-state index contributed by atoms with van der Waals surface area (Å²) in [6, 6.07) is -1.26. The van der Waals surface area contributed by atoms with E-state index in [4.69, 9.17) is 9.57 Å². The Bertz CT molecular complexity index is 1500. The summed E-state index contributed by atoms with van der Waals surface area (Å²) in [6.07, 6.45) is 1.17. The Morgan fingerprint density at radius 2 is 2.07 bits per heavy atom. The van der Waals surface area contributed by atoms with Crippen molar-refractivity contribution < 1.29 is 46.9 Å². The van der Waals surface area contributed by atoms with Crippen LogP contribution in [0.1, 0.15) is 42.4 Å². The maximum atomic E-state index is 15.5. The number of benzene rings is 1. The summed E-state index contributed by atoms with van der Waals surface area (Å²) in [4.78, 5) is 40.6. The molecule has 3 N–H and O–H groups in total. The number of ether oxygens (including phenoxy) is 1. The number of hydroxylamine groups is 2. The van der Waals surface area contributed by atoms with Crippen molar-refractivity contribution in [3.63, 3.8) is 0 Å². The first-order valence-electron chi connectivity index (χ1n) is 13.8. The van der Waals surface area contributed by atoms with Gasteiger partial charge in [-0.3, -0.25) is 14.7 Å². The average Bonchev–Trinajstić information content (AvgIpc) is 3.70. The fraction of sp³-hybridized carbons (Fsp3) is 0.500. The molecular formula is C28H31F4N5O6S. The van der Waals surface area contributed by atoms with Gasteiger partial charge in [0.05, 0.1) is 31.4 Å². The number of carbonyl (C=O) groups excluding carboxylic acids is 1. The predicted molar refractivity (Wildman–Crippen MR) is 149 cm³/mol. The molecule has 1 aromatic carbocycles. The van der Waals surface area contributed by atoms with Crippen LogP contribution in [-0.4, -0.2) is 99.4 Å². The molecule has 2 fully saturated rings. The summed E-state index contributed by atoms with van der Waals surface area (Å²) in [5.41, 5.74) is -1.92. The molecule has 4 atom stereocenters. The minimum absolute atomic E-state index is 0.0163. The molecule has 16 heteroatoms. The van der Waals surface area contributed by atoms with Crippen molar-refractivity contribution >= 4 is 29.1 Å². The van der Waals surface area contributed by atoms with Crippen LogP contribution in [0.3, 0.4) is 0 Å². The van der Waals surface area contributed by atoms with Gasteiger partial charge in [0, 0.05) is 36.8 Å². The smallest absolute Gasteiger partial charge is 0.338 e. The fourth-order valence-electron chi connectivity index (χ4n) is 5.64. The summed E-state index contributed by atoms with van der Waals surface area (Å²) in [5, 5.41) is 25.5. The highest BCUT2D eigenvalue weighted by atomic mass is 32.1. The number of amidine groups is 1. The Balaban J connectivity index is 1.52. The summed E-state index contributed by atoms with van der Waals surface area (Å²) in [7, 11) is 0. The first-order chi connectivity index (χ1) is 20.7. The number of alkyl halides is 2. The minimum Gasteiger partial charge on any atom is -0.479 e. The van der Waals surface area contributed by atoms with Crippen LogP contribution >= 0.6 is 11.3 Å². The summed E-state index contributed by atoms with van der Waals surface area (Å²) < 4.78 is 65.1. The number of aromatic nitrogens is 1. The fourth-order valence-corrected chi connectivity index (χ4v) is 6.22. The molecule has 3 aliphatic heterocycles. The van der Waals surface area contributed by atoms with Crippen molar-refractivity contribution in [1.82, 2.24) is 20.3 Å². The Kier molecular flexibility index (Phi) is 8.83. The number of esters is 1. The Labute approximate surface area is 253 Å².